The Hall–Kier alpha value is -0.960. The normalized spacial score (nSPS) is 10.0. The molecule has 0 heterocycles. The maximum absolute atomic E-state index is 4.00. The van der Waals surface area contributed by atoms with Gasteiger partial charge in [-0.3, -0.25) is 0 Å². The number of terminal acetylenes is 1. The maximum atomic E-state index is 4.00. The molecule has 16 heavy (non-hydrogen) atoms. The van der Waals surface area contributed by atoms with Crippen LogP contribution in [0.25, 0.3) is 0 Å². The van der Waals surface area contributed by atoms with Gasteiger partial charge in [0.1, 0.15) is 0 Å². The van der Waals surface area contributed by atoms with E-state index in [0.29, 0.717) is 0 Å². The van der Waals surface area contributed by atoms with Crippen LogP contribution in [0.4, 0.5) is 0 Å². The predicted octanol–water partition coefficient (Wildman–Crippen LogP) is 6.00. The fourth-order valence-corrected chi connectivity index (χ4v) is 1.30. The highest BCUT2D eigenvalue weighted by Gasteiger charge is 1.94. The van der Waals surface area contributed by atoms with E-state index in [4.69, 9.17) is 0 Å². The first kappa shape index (κ1) is 24.3. The molecule has 0 atom stereocenters. The SMILES string of the molecule is C.C#C.C/C=C\C(CC)=C(/C)CCC.CC. The summed E-state index contributed by atoms with van der Waals surface area (Å²) >= 11 is 0. The first-order valence-corrected chi connectivity index (χ1v) is 5.90. The average molecular weight is 224 g/mol. The van der Waals surface area contributed by atoms with E-state index in [1.807, 2.05) is 13.8 Å². The van der Waals surface area contributed by atoms with Gasteiger partial charge in [-0.05, 0) is 32.3 Å². The summed E-state index contributed by atoms with van der Waals surface area (Å²) in [6.45, 7) is 12.8. The molecule has 0 aliphatic heterocycles. The van der Waals surface area contributed by atoms with Crippen LogP contribution in [0.3, 0.4) is 0 Å². The largest absolute Gasteiger partial charge is 0.124 e. The third kappa shape index (κ3) is 15.5. The van der Waals surface area contributed by atoms with E-state index in [1.54, 1.807) is 5.57 Å². The summed E-state index contributed by atoms with van der Waals surface area (Å²) in [5.41, 5.74) is 3.06. The highest BCUT2D eigenvalue weighted by Crippen LogP contribution is 2.14. The molecule has 0 aliphatic carbocycles. The van der Waals surface area contributed by atoms with Gasteiger partial charge in [0, 0.05) is 0 Å². The van der Waals surface area contributed by atoms with Crippen molar-refractivity contribution < 1.29 is 0 Å². The zero-order valence-corrected chi connectivity index (χ0v) is 11.4. The third-order valence-electron chi connectivity index (χ3n) is 1.92. The standard InChI is InChI=1S/C11H20.C2H6.C2H2.CH4/c1-5-8-10(4)11(7-3)9-6-2;2*1-2;/h6,9H,5,7-8H2,1-4H3;1-2H3;1-2H;1H4/b9-6-,11-10+;;;. The number of allylic oxidation sites excluding steroid dienone is 4. The molecule has 0 N–H and O–H groups in total. The topological polar surface area (TPSA) is 0 Å². The second kappa shape index (κ2) is 23.7. The minimum Gasteiger partial charge on any atom is -0.124 e. The lowest BCUT2D eigenvalue weighted by molar-refractivity contribution is 0.883. The summed E-state index contributed by atoms with van der Waals surface area (Å²) in [6.07, 6.45) is 16.0. The number of hydrogen-bond acceptors (Lipinski definition) is 0. The Balaban J connectivity index is -0.000000129. The predicted molar refractivity (Wildman–Crippen MR) is 80.7 cm³/mol. The summed E-state index contributed by atoms with van der Waals surface area (Å²) in [7, 11) is 0. The zero-order valence-electron chi connectivity index (χ0n) is 11.4. The highest BCUT2D eigenvalue weighted by molar-refractivity contribution is 5.23. The number of rotatable bonds is 4. The summed E-state index contributed by atoms with van der Waals surface area (Å²) in [5, 5.41) is 0. The van der Waals surface area contributed by atoms with E-state index >= 15 is 0 Å². The van der Waals surface area contributed by atoms with Crippen LogP contribution in [-0.4, -0.2) is 0 Å². The average Bonchev–Trinajstić information content (AvgIpc) is 2.31. The van der Waals surface area contributed by atoms with Crippen LogP contribution >= 0.6 is 0 Å². The molecular weight excluding hydrogens is 192 g/mol. The van der Waals surface area contributed by atoms with Crippen molar-refractivity contribution in [2.24, 2.45) is 0 Å². The van der Waals surface area contributed by atoms with Crippen LogP contribution in [0.5, 0.6) is 0 Å². The van der Waals surface area contributed by atoms with Crippen LogP contribution in [0.2, 0.25) is 0 Å². The first-order chi connectivity index (χ1) is 7.26. The Labute approximate surface area is 105 Å². The Bertz CT molecular complexity index is 179. The molecule has 0 fully saturated rings. The Kier molecular flexibility index (Phi) is 36.0. The molecule has 0 aromatic carbocycles. The van der Waals surface area contributed by atoms with Crippen molar-refractivity contribution in [3.8, 4) is 12.8 Å². The Morgan fingerprint density at radius 2 is 1.56 bits per heavy atom. The van der Waals surface area contributed by atoms with Crippen LogP contribution in [0.15, 0.2) is 23.3 Å². The summed E-state index contributed by atoms with van der Waals surface area (Å²) in [4.78, 5) is 0. The lowest BCUT2D eigenvalue weighted by Gasteiger charge is -2.03. The molecule has 96 valence electrons. The molecular formula is C16H32. The fraction of sp³-hybridized carbons (Fsp3) is 0.625. The minimum absolute atomic E-state index is 0. The quantitative estimate of drug-likeness (QED) is 0.406. The van der Waals surface area contributed by atoms with Crippen molar-refractivity contribution in [2.45, 2.75) is 68.2 Å². The third-order valence-corrected chi connectivity index (χ3v) is 1.92. The molecule has 0 bridgehead atoms. The molecule has 0 radical (unpaired) electrons. The monoisotopic (exact) mass is 224 g/mol. The van der Waals surface area contributed by atoms with Gasteiger partial charge in [-0.25, -0.2) is 0 Å². The van der Waals surface area contributed by atoms with Crippen molar-refractivity contribution >= 4 is 0 Å². The van der Waals surface area contributed by atoms with Gasteiger partial charge in [-0.2, -0.15) is 0 Å². The van der Waals surface area contributed by atoms with Gasteiger partial charge < -0.3 is 0 Å². The van der Waals surface area contributed by atoms with Crippen molar-refractivity contribution in [1.29, 1.82) is 0 Å². The lowest BCUT2D eigenvalue weighted by atomic mass is 10.0. The van der Waals surface area contributed by atoms with Crippen molar-refractivity contribution in [3.63, 3.8) is 0 Å². The molecule has 0 aromatic rings. The van der Waals surface area contributed by atoms with Gasteiger partial charge in [0.15, 0.2) is 0 Å². The molecule has 0 rings (SSSR count). The second-order valence-electron chi connectivity index (χ2n) is 2.91. The first-order valence-electron chi connectivity index (χ1n) is 5.90. The lowest BCUT2D eigenvalue weighted by Crippen LogP contribution is -1.83. The van der Waals surface area contributed by atoms with Gasteiger partial charge in [0.25, 0.3) is 0 Å². The summed E-state index contributed by atoms with van der Waals surface area (Å²) < 4.78 is 0. The zero-order chi connectivity index (χ0) is 12.7. The second-order valence-corrected chi connectivity index (χ2v) is 2.91. The molecule has 0 unspecified atom stereocenters. The van der Waals surface area contributed by atoms with Gasteiger partial charge in [-0.1, -0.05) is 59.3 Å². The number of hydrogen-bond donors (Lipinski definition) is 0. The van der Waals surface area contributed by atoms with E-state index in [9.17, 15) is 0 Å². The van der Waals surface area contributed by atoms with Gasteiger partial charge in [0.2, 0.25) is 0 Å². The molecule has 0 aliphatic rings. The highest BCUT2D eigenvalue weighted by atomic mass is 14.0. The molecule has 0 heteroatoms. The molecule has 0 amide bonds. The molecule has 0 nitrogen and oxygen atoms in total. The van der Waals surface area contributed by atoms with Crippen LogP contribution in [0.1, 0.15) is 68.2 Å². The van der Waals surface area contributed by atoms with E-state index in [2.05, 4.69) is 52.7 Å². The maximum Gasteiger partial charge on any atom is -0.0308 e. The van der Waals surface area contributed by atoms with Crippen molar-refractivity contribution in [2.75, 3.05) is 0 Å². The molecule has 0 spiro atoms. The van der Waals surface area contributed by atoms with Gasteiger partial charge in [-0.15, -0.1) is 12.8 Å². The van der Waals surface area contributed by atoms with E-state index in [0.717, 1.165) is 6.42 Å². The Morgan fingerprint density at radius 3 is 1.81 bits per heavy atom. The van der Waals surface area contributed by atoms with E-state index in [-0.39, 0.29) is 7.43 Å². The Morgan fingerprint density at radius 1 is 1.12 bits per heavy atom. The minimum atomic E-state index is 0. The van der Waals surface area contributed by atoms with Gasteiger partial charge in [0.05, 0.1) is 0 Å². The van der Waals surface area contributed by atoms with Crippen LogP contribution < -0.4 is 0 Å². The summed E-state index contributed by atoms with van der Waals surface area (Å²) in [6, 6.07) is 0. The molecule has 0 aromatic heterocycles. The molecule has 0 saturated heterocycles. The molecule has 0 saturated carbocycles. The summed E-state index contributed by atoms with van der Waals surface area (Å²) in [5.74, 6) is 0. The van der Waals surface area contributed by atoms with Crippen LogP contribution in [0, 0.1) is 12.8 Å². The fourth-order valence-electron chi connectivity index (χ4n) is 1.30. The van der Waals surface area contributed by atoms with E-state index < -0.39 is 0 Å². The smallest absolute Gasteiger partial charge is 0.0308 e. The van der Waals surface area contributed by atoms with Crippen LogP contribution in [-0.2, 0) is 0 Å². The van der Waals surface area contributed by atoms with Gasteiger partial charge >= 0.3 is 0 Å². The van der Waals surface area contributed by atoms with E-state index in [1.165, 1.54) is 18.4 Å². The van der Waals surface area contributed by atoms with Crippen molar-refractivity contribution in [3.05, 3.63) is 23.3 Å². The van der Waals surface area contributed by atoms with Crippen molar-refractivity contribution in [1.82, 2.24) is 0 Å².